The number of hydrogen-bond acceptors (Lipinski definition) is 4. The first kappa shape index (κ1) is 15.7. The molecule has 0 saturated carbocycles. The number of carbonyl (C=O) groups excluding carboxylic acids is 1. The molecule has 0 spiro atoms. The summed E-state index contributed by atoms with van der Waals surface area (Å²) in [6.45, 7) is 3.53. The van der Waals surface area contributed by atoms with Crippen LogP contribution in [0.25, 0.3) is 6.08 Å². The Kier molecular flexibility index (Phi) is 4.52. The average Bonchev–Trinajstić information content (AvgIpc) is 3.06. The van der Waals surface area contributed by atoms with Gasteiger partial charge < -0.3 is 8.98 Å². The van der Waals surface area contributed by atoms with Crippen molar-refractivity contribution >= 4 is 11.9 Å². The molecule has 0 amide bonds. The molecule has 3 aromatic rings. The van der Waals surface area contributed by atoms with Crippen molar-refractivity contribution < 1.29 is 9.21 Å². The van der Waals surface area contributed by atoms with Gasteiger partial charge >= 0.3 is 0 Å². The highest BCUT2D eigenvalue weighted by molar-refractivity contribution is 5.91. The molecule has 0 atom stereocenters. The Morgan fingerprint density at radius 1 is 1.21 bits per heavy atom. The van der Waals surface area contributed by atoms with E-state index in [1.165, 1.54) is 16.9 Å². The first-order valence-electron chi connectivity index (χ1n) is 7.50. The second-order valence-electron chi connectivity index (χ2n) is 5.36. The number of carbonyl (C=O) groups is 1. The fourth-order valence-electron chi connectivity index (χ4n) is 2.34. The van der Waals surface area contributed by atoms with Gasteiger partial charge in [0.1, 0.15) is 6.26 Å². The minimum Gasteiger partial charge on any atom is -0.442 e. The summed E-state index contributed by atoms with van der Waals surface area (Å²) in [6, 6.07) is 12.9. The summed E-state index contributed by atoms with van der Waals surface area (Å²) in [4.78, 5) is 28.3. The summed E-state index contributed by atoms with van der Waals surface area (Å²) in [5.74, 6) is -0.338. The third kappa shape index (κ3) is 3.57. The van der Waals surface area contributed by atoms with Crippen LogP contribution in [0, 0.1) is 0 Å². The number of hydrogen-bond donors (Lipinski definition) is 0. The van der Waals surface area contributed by atoms with Gasteiger partial charge in [0.2, 0.25) is 5.78 Å². The van der Waals surface area contributed by atoms with Crippen molar-refractivity contribution in [2.45, 2.75) is 13.0 Å². The maximum Gasteiger partial charge on any atom is 0.265 e. The zero-order chi connectivity index (χ0) is 16.9. The van der Waals surface area contributed by atoms with E-state index in [1.54, 1.807) is 18.3 Å². The van der Waals surface area contributed by atoms with E-state index in [1.807, 2.05) is 30.3 Å². The molecule has 0 fully saturated rings. The van der Waals surface area contributed by atoms with Crippen LogP contribution < -0.4 is 5.56 Å². The second-order valence-corrected chi connectivity index (χ2v) is 5.36. The van der Waals surface area contributed by atoms with Crippen LogP contribution in [0.2, 0.25) is 0 Å². The first-order valence-corrected chi connectivity index (χ1v) is 7.50. The van der Waals surface area contributed by atoms with Crippen molar-refractivity contribution in [3.8, 4) is 0 Å². The van der Waals surface area contributed by atoms with Crippen LogP contribution >= 0.6 is 0 Å². The minimum absolute atomic E-state index is 0.0110. The molecule has 0 unspecified atom stereocenters. The van der Waals surface area contributed by atoms with Crippen molar-refractivity contribution in [1.82, 2.24) is 9.55 Å². The fourth-order valence-corrected chi connectivity index (χ4v) is 2.34. The van der Waals surface area contributed by atoms with E-state index in [0.29, 0.717) is 12.1 Å². The Labute approximate surface area is 138 Å². The molecular weight excluding hydrogens is 304 g/mol. The van der Waals surface area contributed by atoms with E-state index in [4.69, 9.17) is 4.42 Å². The molecule has 0 aliphatic rings. The van der Waals surface area contributed by atoms with Crippen LogP contribution in [-0.2, 0) is 13.0 Å². The highest BCUT2D eigenvalue weighted by Crippen LogP contribution is 2.10. The molecule has 1 aromatic carbocycles. The molecule has 5 nitrogen and oxygen atoms in total. The van der Waals surface area contributed by atoms with Crippen LogP contribution in [0.15, 0.2) is 70.7 Å². The zero-order valence-electron chi connectivity index (χ0n) is 13.0. The van der Waals surface area contributed by atoms with Crippen molar-refractivity contribution in [2.24, 2.45) is 0 Å². The molecule has 2 heterocycles. The number of oxazole rings is 1. The lowest BCUT2D eigenvalue weighted by atomic mass is 10.1. The number of aromatic nitrogens is 2. The summed E-state index contributed by atoms with van der Waals surface area (Å²) in [6.07, 6.45) is 5.26. The smallest absolute Gasteiger partial charge is 0.265 e. The van der Waals surface area contributed by atoms with Gasteiger partial charge in [-0.15, -0.1) is 0 Å². The number of ketones is 1. The third-order valence-electron chi connectivity index (χ3n) is 3.57. The van der Waals surface area contributed by atoms with Crippen molar-refractivity contribution in [1.29, 1.82) is 0 Å². The van der Waals surface area contributed by atoms with Gasteiger partial charge in [-0.1, -0.05) is 43.0 Å². The number of rotatable bonds is 6. The van der Waals surface area contributed by atoms with Gasteiger partial charge in [-0.25, -0.2) is 4.98 Å². The molecule has 120 valence electrons. The van der Waals surface area contributed by atoms with Crippen molar-refractivity contribution in [3.05, 3.63) is 94.6 Å². The molecule has 0 aliphatic heterocycles. The summed E-state index contributed by atoms with van der Waals surface area (Å²) in [5, 5.41) is 0. The number of pyridine rings is 1. The Morgan fingerprint density at radius 2 is 2.00 bits per heavy atom. The number of nitrogens with zero attached hydrogens (tertiary/aromatic N) is 2. The predicted octanol–water partition coefficient (Wildman–Crippen LogP) is 2.95. The zero-order valence-corrected chi connectivity index (χ0v) is 13.0. The molecule has 2 aromatic heterocycles. The van der Waals surface area contributed by atoms with Crippen LogP contribution in [0.1, 0.15) is 27.5 Å². The second kappa shape index (κ2) is 6.91. The fraction of sp³-hybridized carbons (Fsp3) is 0.105. The maximum absolute atomic E-state index is 12.3. The summed E-state index contributed by atoms with van der Waals surface area (Å²) < 4.78 is 6.59. The van der Waals surface area contributed by atoms with Gasteiger partial charge in [-0.2, -0.15) is 0 Å². The van der Waals surface area contributed by atoms with Crippen molar-refractivity contribution in [2.75, 3.05) is 0 Å². The minimum atomic E-state index is -0.349. The first-order chi connectivity index (χ1) is 11.7. The lowest BCUT2D eigenvalue weighted by Gasteiger charge is -2.03. The normalized spacial score (nSPS) is 10.5. The van der Waals surface area contributed by atoms with Gasteiger partial charge in [0.25, 0.3) is 11.4 Å². The molecule has 3 rings (SSSR count). The Bertz CT molecular complexity index is 923. The lowest BCUT2D eigenvalue weighted by molar-refractivity contribution is 0.0937. The van der Waals surface area contributed by atoms with E-state index in [0.717, 1.165) is 11.1 Å². The van der Waals surface area contributed by atoms with Crippen LogP contribution in [0.3, 0.4) is 0 Å². The molecule has 0 bridgehead atoms. The highest BCUT2D eigenvalue weighted by atomic mass is 16.3. The maximum atomic E-state index is 12.3. The SMILES string of the molecule is C=Cc1ccc(=O)n(CC(=O)c2nc(Cc3ccccc3)co2)c1. The van der Waals surface area contributed by atoms with Crippen LogP contribution in [0.5, 0.6) is 0 Å². The van der Waals surface area contributed by atoms with Crippen LogP contribution in [0.4, 0.5) is 0 Å². The van der Waals surface area contributed by atoms with Gasteiger partial charge in [-0.05, 0) is 17.2 Å². The number of Topliss-reactive ketones (excluding diaryl/α,β-unsaturated/α-hetero) is 1. The molecule has 0 N–H and O–H groups in total. The summed E-state index contributed by atoms with van der Waals surface area (Å²) >= 11 is 0. The van der Waals surface area contributed by atoms with E-state index in [9.17, 15) is 9.59 Å². The molecular formula is C19H16N2O3. The molecule has 0 aliphatic carbocycles. The lowest BCUT2D eigenvalue weighted by Crippen LogP contribution is -2.23. The molecule has 0 radical (unpaired) electrons. The standard InChI is InChI=1S/C19H16N2O3/c1-2-14-8-9-18(23)21(11-14)12-17(22)19-20-16(13-24-19)10-15-6-4-3-5-7-15/h2-9,11,13H,1,10,12H2. The summed E-state index contributed by atoms with van der Waals surface area (Å²) in [5.41, 5.74) is 2.26. The van der Waals surface area contributed by atoms with Gasteiger partial charge in [0, 0.05) is 18.7 Å². The van der Waals surface area contributed by atoms with Gasteiger partial charge in [0.15, 0.2) is 0 Å². The monoisotopic (exact) mass is 320 g/mol. The quantitative estimate of drug-likeness (QED) is 0.655. The molecule has 24 heavy (non-hydrogen) atoms. The summed E-state index contributed by atoms with van der Waals surface area (Å²) in [7, 11) is 0. The van der Waals surface area contributed by atoms with Crippen LogP contribution in [-0.4, -0.2) is 15.3 Å². The van der Waals surface area contributed by atoms with E-state index >= 15 is 0 Å². The number of benzene rings is 1. The largest absolute Gasteiger partial charge is 0.442 e. The van der Waals surface area contributed by atoms with E-state index in [2.05, 4.69) is 11.6 Å². The highest BCUT2D eigenvalue weighted by Gasteiger charge is 2.15. The van der Waals surface area contributed by atoms with E-state index < -0.39 is 0 Å². The topological polar surface area (TPSA) is 65.1 Å². The van der Waals surface area contributed by atoms with E-state index in [-0.39, 0.29) is 23.8 Å². The Morgan fingerprint density at radius 3 is 2.75 bits per heavy atom. The Hall–Kier alpha value is -3.21. The average molecular weight is 320 g/mol. The van der Waals surface area contributed by atoms with Crippen molar-refractivity contribution in [3.63, 3.8) is 0 Å². The van der Waals surface area contributed by atoms with Gasteiger partial charge in [-0.3, -0.25) is 9.59 Å². The van der Waals surface area contributed by atoms with Gasteiger partial charge in [0.05, 0.1) is 12.2 Å². The molecule has 5 heteroatoms. The Balaban J connectivity index is 1.74. The molecule has 0 saturated heterocycles. The predicted molar refractivity (Wildman–Crippen MR) is 90.9 cm³/mol. The third-order valence-corrected chi connectivity index (χ3v) is 3.57.